The lowest BCUT2D eigenvalue weighted by atomic mass is 10.1. The predicted octanol–water partition coefficient (Wildman–Crippen LogP) is 3.07. The van der Waals surface area contributed by atoms with E-state index in [2.05, 4.69) is 15.0 Å². The summed E-state index contributed by atoms with van der Waals surface area (Å²) in [4.78, 5) is 39.6. The Morgan fingerprint density at radius 3 is 2.56 bits per heavy atom. The topological polar surface area (TPSA) is 88.5 Å². The van der Waals surface area contributed by atoms with Crippen LogP contribution in [0.15, 0.2) is 30.7 Å². The summed E-state index contributed by atoms with van der Waals surface area (Å²) in [6.07, 6.45) is -2.64. The first kappa shape index (κ1) is 23.4. The van der Waals surface area contributed by atoms with Gasteiger partial charge in [-0.15, -0.1) is 0 Å². The van der Waals surface area contributed by atoms with Gasteiger partial charge in [0.05, 0.1) is 50.6 Å². The summed E-state index contributed by atoms with van der Waals surface area (Å²) in [6, 6.07) is -0.0171. The maximum Gasteiger partial charge on any atom is 0.416 e. The maximum absolute atomic E-state index is 14.6. The Morgan fingerprint density at radius 2 is 1.97 bits per heavy atom. The summed E-state index contributed by atoms with van der Waals surface area (Å²) in [5.41, 5.74) is -1.02. The SMILES string of the molecule is CC[C@H](F)[C@H]1CN(c2ncc(OC)cn2)C(=O)N1CC(=O)Cc1cc(C(F)(F)F)ccn1. The number of aromatic nitrogens is 3. The second kappa shape index (κ2) is 9.45. The average Bonchev–Trinajstić information content (AvgIpc) is 3.09. The van der Waals surface area contributed by atoms with Crippen molar-refractivity contribution in [3.05, 3.63) is 42.0 Å². The van der Waals surface area contributed by atoms with Crippen LogP contribution in [0.5, 0.6) is 5.75 Å². The summed E-state index contributed by atoms with van der Waals surface area (Å²) in [5.74, 6) is -0.177. The quantitative estimate of drug-likeness (QED) is 0.569. The molecule has 8 nitrogen and oxygen atoms in total. The molecular weight excluding hydrogens is 434 g/mol. The number of carbonyl (C=O) groups is 2. The van der Waals surface area contributed by atoms with E-state index in [-0.39, 0.29) is 24.6 Å². The zero-order valence-corrected chi connectivity index (χ0v) is 17.3. The van der Waals surface area contributed by atoms with Crippen molar-refractivity contribution in [2.45, 2.75) is 38.2 Å². The third-order valence-electron chi connectivity index (χ3n) is 5.01. The Morgan fingerprint density at radius 1 is 1.28 bits per heavy atom. The molecule has 1 aliphatic heterocycles. The minimum atomic E-state index is -4.57. The van der Waals surface area contributed by atoms with Gasteiger partial charge in [0.1, 0.15) is 6.17 Å². The van der Waals surface area contributed by atoms with E-state index in [1.165, 1.54) is 19.5 Å². The minimum absolute atomic E-state index is 0.0265. The lowest BCUT2D eigenvalue weighted by molar-refractivity contribution is -0.137. The van der Waals surface area contributed by atoms with Crippen LogP contribution in [0.1, 0.15) is 24.6 Å². The van der Waals surface area contributed by atoms with Gasteiger partial charge >= 0.3 is 12.2 Å². The second-order valence-electron chi connectivity index (χ2n) is 7.18. The van der Waals surface area contributed by atoms with E-state index in [0.29, 0.717) is 5.75 Å². The van der Waals surface area contributed by atoms with Crippen molar-refractivity contribution in [1.82, 2.24) is 19.9 Å². The number of anilines is 1. The molecule has 3 rings (SSSR count). The molecule has 172 valence electrons. The summed E-state index contributed by atoms with van der Waals surface area (Å²) in [7, 11) is 1.43. The Hall–Kier alpha value is -3.31. The van der Waals surface area contributed by atoms with E-state index < -0.39 is 48.7 Å². The van der Waals surface area contributed by atoms with Crippen LogP contribution in [-0.2, 0) is 17.4 Å². The number of rotatable bonds is 8. The smallest absolute Gasteiger partial charge is 0.416 e. The number of halogens is 4. The normalized spacial score (nSPS) is 17.6. The maximum atomic E-state index is 14.6. The van der Waals surface area contributed by atoms with E-state index in [1.54, 1.807) is 6.92 Å². The lowest BCUT2D eigenvalue weighted by Crippen LogP contribution is -2.43. The molecule has 0 saturated carbocycles. The van der Waals surface area contributed by atoms with E-state index >= 15 is 0 Å². The highest BCUT2D eigenvalue weighted by molar-refractivity contribution is 5.96. The first-order valence-electron chi connectivity index (χ1n) is 9.76. The number of methoxy groups -OCH3 is 1. The molecule has 0 radical (unpaired) electrons. The van der Waals surface area contributed by atoms with Gasteiger partial charge in [-0.2, -0.15) is 13.2 Å². The first-order valence-corrected chi connectivity index (χ1v) is 9.76. The van der Waals surface area contributed by atoms with Crippen molar-refractivity contribution < 1.29 is 31.9 Å². The number of Topliss-reactive ketones (excluding diaryl/α,β-unsaturated/α-hetero) is 1. The van der Waals surface area contributed by atoms with Gasteiger partial charge < -0.3 is 9.64 Å². The van der Waals surface area contributed by atoms with Gasteiger partial charge in [-0.25, -0.2) is 19.2 Å². The monoisotopic (exact) mass is 455 g/mol. The lowest BCUT2D eigenvalue weighted by Gasteiger charge is -2.24. The number of hydrogen-bond donors (Lipinski definition) is 0. The van der Waals surface area contributed by atoms with Crippen LogP contribution in [0.25, 0.3) is 0 Å². The molecule has 1 fully saturated rings. The van der Waals surface area contributed by atoms with Crippen molar-refractivity contribution in [2.75, 3.05) is 25.1 Å². The van der Waals surface area contributed by atoms with Gasteiger partial charge in [0.25, 0.3) is 0 Å². The number of hydrogen-bond acceptors (Lipinski definition) is 6. The number of amides is 2. The van der Waals surface area contributed by atoms with Crippen LogP contribution in [0.2, 0.25) is 0 Å². The molecule has 0 bridgehead atoms. The van der Waals surface area contributed by atoms with E-state index in [0.717, 1.165) is 28.1 Å². The van der Waals surface area contributed by atoms with Crippen LogP contribution in [-0.4, -0.2) is 64.1 Å². The average molecular weight is 455 g/mol. The van der Waals surface area contributed by atoms with Crippen molar-refractivity contribution in [2.24, 2.45) is 0 Å². The highest BCUT2D eigenvalue weighted by atomic mass is 19.4. The van der Waals surface area contributed by atoms with Crippen molar-refractivity contribution in [3.63, 3.8) is 0 Å². The molecule has 1 saturated heterocycles. The number of ether oxygens (including phenoxy) is 1. The number of urea groups is 1. The van der Waals surface area contributed by atoms with Crippen LogP contribution < -0.4 is 9.64 Å². The van der Waals surface area contributed by atoms with Gasteiger partial charge in [-0.1, -0.05) is 6.92 Å². The molecule has 12 heteroatoms. The van der Waals surface area contributed by atoms with Gasteiger partial charge in [0.15, 0.2) is 11.5 Å². The molecule has 0 aromatic carbocycles. The molecule has 32 heavy (non-hydrogen) atoms. The number of alkyl halides is 4. The molecule has 2 atom stereocenters. The Bertz CT molecular complexity index is 970. The van der Waals surface area contributed by atoms with Crippen molar-refractivity contribution in [1.29, 1.82) is 0 Å². The van der Waals surface area contributed by atoms with Gasteiger partial charge in [-0.3, -0.25) is 14.7 Å². The highest BCUT2D eigenvalue weighted by Crippen LogP contribution is 2.29. The first-order chi connectivity index (χ1) is 15.1. The number of nitrogens with zero attached hydrogens (tertiary/aromatic N) is 5. The van der Waals surface area contributed by atoms with Crippen LogP contribution in [0, 0.1) is 0 Å². The molecule has 0 aliphatic carbocycles. The summed E-state index contributed by atoms with van der Waals surface area (Å²) >= 11 is 0. The molecule has 2 aromatic rings. The molecular formula is C20H21F4N5O3. The van der Waals surface area contributed by atoms with Crippen LogP contribution in [0.4, 0.5) is 28.3 Å². The van der Waals surface area contributed by atoms with Crippen molar-refractivity contribution in [3.8, 4) is 5.75 Å². The molecule has 2 aromatic heterocycles. The van der Waals surface area contributed by atoms with Crippen LogP contribution in [0.3, 0.4) is 0 Å². The third kappa shape index (κ3) is 5.11. The molecule has 3 heterocycles. The van der Waals surface area contributed by atoms with Gasteiger partial charge in [0.2, 0.25) is 5.95 Å². The van der Waals surface area contributed by atoms with Crippen molar-refractivity contribution >= 4 is 17.8 Å². The molecule has 0 spiro atoms. The zero-order chi connectivity index (χ0) is 23.5. The third-order valence-corrected chi connectivity index (χ3v) is 5.01. The fourth-order valence-electron chi connectivity index (χ4n) is 3.35. The largest absolute Gasteiger partial charge is 0.494 e. The summed E-state index contributed by atoms with van der Waals surface area (Å²) < 4.78 is 58.2. The fourth-order valence-corrected chi connectivity index (χ4v) is 3.35. The Balaban J connectivity index is 1.76. The molecule has 0 unspecified atom stereocenters. The number of ketones is 1. The van der Waals surface area contributed by atoms with E-state index in [1.807, 2.05) is 0 Å². The fraction of sp³-hybridized carbons (Fsp3) is 0.450. The zero-order valence-electron chi connectivity index (χ0n) is 17.3. The number of pyridine rings is 1. The summed E-state index contributed by atoms with van der Waals surface area (Å²) in [5, 5.41) is 0. The minimum Gasteiger partial charge on any atom is -0.494 e. The number of carbonyl (C=O) groups excluding carboxylic acids is 2. The molecule has 0 N–H and O–H groups in total. The second-order valence-corrected chi connectivity index (χ2v) is 7.18. The molecule has 2 amide bonds. The predicted molar refractivity (Wildman–Crippen MR) is 105 cm³/mol. The van der Waals surface area contributed by atoms with Crippen LogP contribution >= 0.6 is 0 Å². The van der Waals surface area contributed by atoms with E-state index in [9.17, 15) is 27.2 Å². The Labute approximate surface area is 181 Å². The summed E-state index contributed by atoms with van der Waals surface area (Å²) in [6.45, 7) is 1.05. The van der Waals surface area contributed by atoms with Gasteiger partial charge in [0, 0.05) is 11.9 Å². The highest BCUT2D eigenvalue weighted by Gasteiger charge is 2.43. The van der Waals surface area contributed by atoms with Gasteiger partial charge in [-0.05, 0) is 18.6 Å². The molecule has 1 aliphatic rings. The Kier molecular flexibility index (Phi) is 6.90. The standard InChI is InChI=1S/C20H21F4N5O3/c1-3-16(21)17-11-29(18-26-8-15(32-2)9-27-18)19(31)28(17)10-14(30)7-13-6-12(4-5-25-13)20(22,23)24/h4-6,8-9,16-17H,3,7,10-11H2,1-2H3/t16-,17+/m0/s1. The van der Waals surface area contributed by atoms with E-state index in [4.69, 9.17) is 4.74 Å².